The molecule has 3 rings (SSSR count). The van der Waals surface area contributed by atoms with Gasteiger partial charge in [-0.05, 0) is 47.5 Å². The van der Waals surface area contributed by atoms with Crippen molar-refractivity contribution in [2.75, 3.05) is 12.4 Å². The van der Waals surface area contributed by atoms with Gasteiger partial charge in [-0.2, -0.15) is 0 Å². The SMILES string of the molecule is COc1ccc(C=CC(=O)c2cccnc2Nc2ccc(CO)cc2)cc1[N+](=O)[O-]. The van der Waals surface area contributed by atoms with Gasteiger partial charge in [0.1, 0.15) is 5.82 Å². The molecule has 1 heterocycles. The molecule has 0 aliphatic carbocycles. The molecule has 2 aromatic carbocycles. The molecule has 0 fully saturated rings. The van der Waals surface area contributed by atoms with Crippen molar-refractivity contribution in [3.8, 4) is 5.75 Å². The number of pyridine rings is 1. The van der Waals surface area contributed by atoms with Crippen molar-refractivity contribution in [2.24, 2.45) is 0 Å². The standard InChI is InChI=1S/C22H19N3O5/c1-30-21-11-7-15(13-19(21)25(28)29)6-10-20(27)18-3-2-12-23-22(18)24-17-8-4-16(14-26)5-9-17/h2-13,26H,14H2,1H3,(H,23,24). The Kier molecular flexibility index (Phi) is 6.51. The van der Waals surface area contributed by atoms with Crippen molar-refractivity contribution in [2.45, 2.75) is 6.61 Å². The van der Waals surface area contributed by atoms with Crippen LogP contribution in [0.5, 0.6) is 5.75 Å². The van der Waals surface area contributed by atoms with Crippen LogP contribution < -0.4 is 10.1 Å². The summed E-state index contributed by atoms with van der Waals surface area (Å²) in [6.45, 7) is -0.0537. The minimum Gasteiger partial charge on any atom is -0.490 e. The van der Waals surface area contributed by atoms with E-state index in [0.717, 1.165) is 11.3 Å². The molecule has 0 unspecified atom stereocenters. The third-order valence-electron chi connectivity index (χ3n) is 4.30. The smallest absolute Gasteiger partial charge is 0.311 e. The van der Waals surface area contributed by atoms with Crippen molar-refractivity contribution in [3.63, 3.8) is 0 Å². The Morgan fingerprint density at radius 1 is 1.23 bits per heavy atom. The van der Waals surface area contributed by atoms with Crippen molar-refractivity contribution in [1.29, 1.82) is 0 Å². The van der Waals surface area contributed by atoms with Gasteiger partial charge in [-0.25, -0.2) is 4.98 Å². The molecule has 3 aromatic rings. The molecule has 30 heavy (non-hydrogen) atoms. The first-order valence-electron chi connectivity index (χ1n) is 8.98. The van der Waals surface area contributed by atoms with Gasteiger partial charge in [-0.3, -0.25) is 14.9 Å². The summed E-state index contributed by atoms with van der Waals surface area (Å²) in [5.74, 6) is 0.218. The average molecular weight is 405 g/mol. The molecule has 152 valence electrons. The van der Waals surface area contributed by atoms with E-state index in [4.69, 9.17) is 9.84 Å². The molecule has 2 N–H and O–H groups in total. The zero-order chi connectivity index (χ0) is 21.5. The highest BCUT2D eigenvalue weighted by atomic mass is 16.6. The van der Waals surface area contributed by atoms with Crippen LogP contribution in [-0.2, 0) is 6.61 Å². The number of allylic oxidation sites excluding steroid dienone is 1. The Balaban J connectivity index is 1.82. The van der Waals surface area contributed by atoms with Crippen molar-refractivity contribution in [1.82, 2.24) is 4.98 Å². The summed E-state index contributed by atoms with van der Waals surface area (Å²) in [6, 6.07) is 14.8. The van der Waals surface area contributed by atoms with Gasteiger partial charge in [0.25, 0.3) is 0 Å². The molecule has 0 radical (unpaired) electrons. The fourth-order valence-electron chi connectivity index (χ4n) is 2.75. The minimum absolute atomic E-state index is 0.0537. The molecule has 0 saturated carbocycles. The fourth-order valence-corrected chi connectivity index (χ4v) is 2.75. The summed E-state index contributed by atoms with van der Waals surface area (Å²) in [4.78, 5) is 27.6. The third-order valence-corrected chi connectivity index (χ3v) is 4.30. The molecule has 0 aliphatic rings. The topological polar surface area (TPSA) is 115 Å². The molecule has 0 spiro atoms. The van der Waals surface area contributed by atoms with E-state index in [-0.39, 0.29) is 23.8 Å². The Bertz CT molecular complexity index is 1090. The van der Waals surface area contributed by atoms with E-state index in [2.05, 4.69) is 10.3 Å². The van der Waals surface area contributed by atoms with Crippen LogP contribution in [0.25, 0.3) is 6.08 Å². The molecular formula is C22H19N3O5. The van der Waals surface area contributed by atoms with Gasteiger partial charge in [0.15, 0.2) is 11.5 Å². The van der Waals surface area contributed by atoms with Crippen LogP contribution in [0.2, 0.25) is 0 Å². The Morgan fingerprint density at radius 2 is 2.00 bits per heavy atom. The highest BCUT2D eigenvalue weighted by Crippen LogP contribution is 2.28. The zero-order valence-corrected chi connectivity index (χ0v) is 16.1. The first-order valence-corrected chi connectivity index (χ1v) is 8.98. The molecule has 0 saturated heterocycles. The fraction of sp³-hybridized carbons (Fsp3) is 0.0909. The van der Waals surface area contributed by atoms with Gasteiger partial charge >= 0.3 is 5.69 Å². The lowest BCUT2D eigenvalue weighted by molar-refractivity contribution is -0.385. The normalized spacial score (nSPS) is 10.7. The minimum atomic E-state index is -0.538. The van der Waals surface area contributed by atoms with Crippen molar-refractivity contribution >= 4 is 29.1 Å². The number of carbonyl (C=O) groups is 1. The van der Waals surface area contributed by atoms with Gasteiger partial charge in [0.05, 0.1) is 24.2 Å². The molecule has 8 heteroatoms. The molecule has 0 bridgehead atoms. The molecule has 0 aliphatic heterocycles. The second kappa shape index (κ2) is 9.44. The van der Waals surface area contributed by atoms with E-state index in [1.54, 1.807) is 48.7 Å². The molecule has 8 nitrogen and oxygen atoms in total. The average Bonchev–Trinajstić information content (AvgIpc) is 2.78. The monoisotopic (exact) mass is 405 g/mol. The quantitative estimate of drug-likeness (QED) is 0.251. The Hall–Kier alpha value is -4.04. The van der Waals surface area contributed by atoms with Crippen molar-refractivity contribution < 1.29 is 19.6 Å². The number of methoxy groups -OCH3 is 1. The molecule has 0 atom stereocenters. The number of aromatic nitrogens is 1. The highest BCUT2D eigenvalue weighted by Gasteiger charge is 2.15. The maximum atomic E-state index is 12.7. The van der Waals surface area contributed by atoms with Gasteiger partial charge in [-0.1, -0.05) is 24.3 Å². The predicted octanol–water partition coefficient (Wildman–Crippen LogP) is 4.13. The van der Waals surface area contributed by atoms with Crippen LogP contribution >= 0.6 is 0 Å². The second-order valence-corrected chi connectivity index (χ2v) is 6.27. The van der Waals surface area contributed by atoms with Crippen LogP contribution in [0.15, 0.2) is 66.9 Å². The maximum Gasteiger partial charge on any atom is 0.311 e. The lowest BCUT2D eigenvalue weighted by atomic mass is 10.1. The van der Waals surface area contributed by atoms with E-state index in [0.29, 0.717) is 16.9 Å². The van der Waals surface area contributed by atoms with E-state index in [9.17, 15) is 14.9 Å². The van der Waals surface area contributed by atoms with Crippen molar-refractivity contribution in [3.05, 3.63) is 93.7 Å². The molecular weight excluding hydrogens is 386 g/mol. The molecule has 0 amide bonds. The van der Waals surface area contributed by atoms with E-state index in [1.165, 1.54) is 31.4 Å². The summed E-state index contributed by atoms with van der Waals surface area (Å²) in [5, 5.41) is 23.4. The Morgan fingerprint density at radius 3 is 2.67 bits per heavy atom. The van der Waals surface area contributed by atoms with Crippen LogP contribution in [-0.4, -0.2) is 27.9 Å². The number of carbonyl (C=O) groups excluding carboxylic acids is 1. The number of aliphatic hydroxyl groups is 1. The third kappa shape index (κ3) is 4.86. The number of anilines is 2. The van der Waals surface area contributed by atoms with Gasteiger partial charge in [0, 0.05) is 18.0 Å². The summed E-state index contributed by atoms with van der Waals surface area (Å²) in [6.07, 6.45) is 4.40. The van der Waals surface area contributed by atoms with E-state index < -0.39 is 4.92 Å². The van der Waals surface area contributed by atoms with Gasteiger partial charge in [0.2, 0.25) is 0 Å². The summed E-state index contributed by atoms with van der Waals surface area (Å²) < 4.78 is 4.98. The first-order chi connectivity index (χ1) is 14.5. The highest BCUT2D eigenvalue weighted by molar-refractivity contribution is 6.10. The van der Waals surface area contributed by atoms with Crippen LogP contribution in [0.1, 0.15) is 21.5 Å². The number of benzene rings is 2. The lowest BCUT2D eigenvalue weighted by Gasteiger charge is -2.09. The van der Waals surface area contributed by atoms with Gasteiger partial charge in [-0.15, -0.1) is 0 Å². The van der Waals surface area contributed by atoms with Crippen LogP contribution in [0.3, 0.4) is 0 Å². The van der Waals surface area contributed by atoms with Crippen LogP contribution in [0, 0.1) is 10.1 Å². The number of nitrogens with zero attached hydrogens (tertiary/aromatic N) is 2. The number of aliphatic hydroxyl groups excluding tert-OH is 1. The predicted molar refractivity (Wildman–Crippen MR) is 113 cm³/mol. The van der Waals surface area contributed by atoms with Gasteiger partial charge < -0.3 is 15.2 Å². The molecule has 1 aromatic heterocycles. The van der Waals surface area contributed by atoms with E-state index in [1.807, 2.05) is 0 Å². The summed E-state index contributed by atoms with van der Waals surface area (Å²) in [5.41, 5.74) is 2.16. The number of rotatable bonds is 8. The summed E-state index contributed by atoms with van der Waals surface area (Å²) in [7, 11) is 1.36. The lowest BCUT2D eigenvalue weighted by Crippen LogP contribution is -2.03. The summed E-state index contributed by atoms with van der Waals surface area (Å²) >= 11 is 0. The number of hydrogen-bond donors (Lipinski definition) is 2. The first kappa shape index (κ1) is 20.7. The number of hydrogen-bond acceptors (Lipinski definition) is 7. The number of nitro groups is 1. The zero-order valence-electron chi connectivity index (χ0n) is 16.1. The van der Waals surface area contributed by atoms with Crippen LogP contribution in [0.4, 0.5) is 17.2 Å². The number of ketones is 1. The number of nitrogens with one attached hydrogen (secondary N) is 1. The number of nitro benzene ring substituents is 1. The largest absolute Gasteiger partial charge is 0.490 e. The second-order valence-electron chi connectivity index (χ2n) is 6.27. The maximum absolute atomic E-state index is 12.7. The van der Waals surface area contributed by atoms with E-state index >= 15 is 0 Å². The Labute approximate surface area is 172 Å². The number of ether oxygens (including phenoxy) is 1.